The van der Waals surface area contributed by atoms with Gasteiger partial charge >= 0.3 is 0 Å². The fraction of sp³-hybridized carbons (Fsp3) is 0.143. The molecule has 2 aliphatic rings. The van der Waals surface area contributed by atoms with E-state index in [1.165, 1.54) is 66.8 Å². The summed E-state index contributed by atoms with van der Waals surface area (Å²) < 4.78 is 0. The van der Waals surface area contributed by atoms with E-state index in [-0.39, 0.29) is 0 Å². The van der Waals surface area contributed by atoms with Gasteiger partial charge in [-0.25, -0.2) is 0 Å². The van der Waals surface area contributed by atoms with Crippen molar-refractivity contribution in [3.8, 4) is 33.8 Å². The normalized spacial score (nSPS) is 12.3. The molecule has 0 radical (unpaired) electrons. The summed E-state index contributed by atoms with van der Waals surface area (Å²) in [4.78, 5) is 13.2. The lowest BCUT2D eigenvalue weighted by Crippen LogP contribution is -2.10. The highest BCUT2D eigenvalue weighted by molar-refractivity contribution is 5.81. The van der Waals surface area contributed by atoms with E-state index in [0.717, 1.165) is 48.3 Å². The minimum atomic E-state index is 0.775. The van der Waals surface area contributed by atoms with Gasteiger partial charge in [0, 0.05) is 47.9 Å². The predicted octanol–water partition coefficient (Wildman–Crippen LogP) is 10.0. The topological polar surface area (TPSA) is 18.5 Å². The maximum Gasteiger partial charge on any atom is 0.186 e. The third-order valence-electron chi connectivity index (χ3n) is 9.27. The number of hydrogen-bond acceptors (Lipinski definition) is 2. The molecule has 2 heteroatoms. The number of rotatable bonds is 7. The van der Waals surface area contributed by atoms with Crippen LogP contribution in [0.4, 0.5) is 0 Å². The molecule has 0 unspecified atom stereocenters. The Bertz CT molecular complexity index is 1870. The Hall–Kier alpha value is -5.08. The summed E-state index contributed by atoms with van der Waals surface area (Å²) in [7, 11) is 0. The van der Waals surface area contributed by atoms with Gasteiger partial charge in [0.25, 0.3) is 0 Å². The first kappa shape index (κ1) is 26.5. The van der Waals surface area contributed by atoms with Crippen LogP contribution in [0.1, 0.15) is 55.6 Å². The fourth-order valence-corrected chi connectivity index (χ4v) is 6.88. The lowest BCUT2D eigenvalue weighted by molar-refractivity contribution is -0.103. The summed E-state index contributed by atoms with van der Waals surface area (Å²) in [5.41, 5.74) is 17.4. The van der Waals surface area contributed by atoms with Gasteiger partial charge in [-0.05, 0) is 58.4 Å². The molecule has 6 aromatic rings. The van der Waals surface area contributed by atoms with Crippen LogP contribution in [-0.4, -0.2) is 0 Å². The van der Waals surface area contributed by atoms with Crippen molar-refractivity contribution in [3.63, 3.8) is 0 Å². The Balaban J connectivity index is 1.21. The maximum atomic E-state index is 6.61. The monoisotopic (exact) mass is 570 g/mol. The van der Waals surface area contributed by atoms with Crippen molar-refractivity contribution in [2.45, 2.75) is 39.5 Å². The number of aryl methyl sites for hydroxylation is 2. The van der Waals surface area contributed by atoms with E-state index in [1.54, 1.807) is 0 Å². The summed E-state index contributed by atoms with van der Waals surface area (Å²) >= 11 is 0. The minimum absolute atomic E-state index is 0.775. The Morgan fingerprint density at radius 2 is 0.841 bits per heavy atom. The van der Waals surface area contributed by atoms with E-state index in [2.05, 4.69) is 135 Å². The summed E-state index contributed by atoms with van der Waals surface area (Å²) in [5.74, 6) is 1.68. The second-order valence-corrected chi connectivity index (χ2v) is 12.3. The first-order valence-corrected chi connectivity index (χ1v) is 15.5. The van der Waals surface area contributed by atoms with Crippen LogP contribution in [0.2, 0.25) is 0 Å². The molecule has 2 nitrogen and oxygen atoms in total. The van der Waals surface area contributed by atoms with E-state index < -0.39 is 0 Å². The van der Waals surface area contributed by atoms with Gasteiger partial charge in [-0.1, -0.05) is 132 Å². The van der Waals surface area contributed by atoms with E-state index in [9.17, 15) is 0 Å². The molecule has 0 N–H and O–H groups in total. The van der Waals surface area contributed by atoms with E-state index in [0.29, 0.717) is 0 Å². The third kappa shape index (κ3) is 4.77. The zero-order chi connectivity index (χ0) is 29.6. The van der Waals surface area contributed by atoms with Gasteiger partial charge in [-0.15, -0.1) is 0 Å². The lowest BCUT2D eigenvalue weighted by Gasteiger charge is -2.18. The van der Waals surface area contributed by atoms with Crippen molar-refractivity contribution >= 4 is 0 Å². The number of fused-ring (bicyclic) bond motifs is 6. The van der Waals surface area contributed by atoms with Gasteiger partial charge in [0.2, 0.25) is 0 Å². The van der Waals surface area contributed by atoms with Gasteiger partial charge < -0.3 is 0 Å². The first-order valence-electron chi connectivity index (χ1n) is 15.5. The van der Waals surface area contributed by atoms with E-state index >= 15 is 0 Å². The Morgan fingerprint density at radius 1 is 0.432 bits per heavy atom. The van der Waals surface area contributed by atoms with Crippen LogP contribution in [0.25, 0.3) is 22.3 Å². The largest absolute Gasteiger partial charge is 0.289 e. The smallest absolute Gasteiger partial charge is 0.186 e. The van der Waals surface area contributed by atoms with Gasteiger partial charge in [-0.3, -0.25) is 9.78 Å². The fourth-order valence-electron chi connectivity index (χ4n) is 6.88. The second-order valence-electron chi connectivity index (χ2n) is 12.3. The molecule has 0 atom stereocenters. The molecule has 0 spiro atoms. The molecule has 0 heterocycles. The Morgan fingerprint density at radius 3 is 1.27 bits per heavy atom. The molecule has 0 saturated carbocycles. The summed E-state index contributed by atoms with van der Waals surface area (Å²) in [6.45, 7) is 4.26. The highest BCUT2D eigenvalue weighted by atomic mass is 17.2. The molecule has 0 fully saturated rings. The summed E-state index contributed by atoms with van der Waals surface area (Å²) in [5, 5.41) is 0. The zero-order valence-corrected chi connectivity index (χ0v) is 25.2. The van der Waals surface area contributed by atoms with Crippen molar-refractivity contribution in [3.05, 3.63) is 177 Å². The van der Waals surface area contributed by atoms with Crippen LogP contribution in [0, 0.1) is 13.8 Å². The average molecular weight is 571 g/mol. The van der Waals surface area contributed by atoms with E-state index in [4.69, 9.17) is 9.78 Å². The number of hydrogen-bond donors (Lipinski definition) is 0. The Kier molecular flexibility index (Phi) is 6.56. The Labute approximate surface area is 259 Å². The SMILES string of the molecule is Cc1ccc(Cc2ccc3c(c2OOc2c(Cc4ccc(C)cc4)ccc4c2Cc2ccccc2-4)Cc2ccccc2-3)cc1. The lowest BCUT2D eigenvalue weighted by atomic mass is 9.97. The molecule has 8 rings (SSSR count). The van der Waals surface area contributed by atoms with Crippen LogP contribution >= 0.6 is 0 Å². The van der Waals surface area contributed by atoms with Gasteiger partial charge in [-0.2, -0.15) is 0 Å². The molecule has 0 bridgehead atoms. The van der Waals surface area contributed by atoms with Crippen LogP contribution in [0.3, 0.4) is 0 Å². The van der Waals surface area contributed by atoms with E-state index in [1.807, 2.05) is 0 Å². The minimum Gasteiger partial charge on any atom is -0.289 e. The third-order valence-corrected chi connectivity index (χ3v) is 9.27. The maximum absolute atomic E-state index is 6.61. The highest BCUT2D eigenvalue weighted by Gasteiger charge is 2.28. The molecule has 0 amide bonds. The molecule has 44 heavy (non-hydrogen) atoms. The standard InChI is InChI=1S/C42H34O2/c1-27-11-15-29(16-12-27)23-33-19-21-37-35-9-5-3-7-31(35)25-39(37)41(33)43-44-42-34(24-30-17-13-28(2)14-18-30)20-22-38-36-10-6-4-8-32(36)26-40(38)42/h3-22H,23-26H2,1-2H3. The van der Waals surface area contributed by atoms with Crippen molar-refractivity contribution in [2.75, 3.05) is 0 Å². The van der Waals surface area contributed by atoms with Gasteiger partial charge in [0.15, 0.2) is 11.5 Å². The van der Waals surface area contributed by atoms with Crippen molar-refractivity contribution < 1.29 is 9.78 Å². The molecule has 6 aromatic carbocycles. The quantitative estimate of drug-likeness (QED) is 0.140. The molecule has 214 valence electrons. The van der Waals surface area contributed by atoms with Crippen LogP contribution in [-0.2, 0) is 25.7 Å². The molecule has 2 aliphatic carbocycles. The molecule has 0 aliphatic heterocycles. The molecule has 0 aromatic heterocycles. The predicted molar refractivity (Wildman–Crippen MR) is 179 cm³/mol. The second kappa shape index (κ2) is 10.9. The zero-order valence-electron chi connectivity index (χ0n) is 25.2. The summed E-state index contributed by atoms with van der Waals surface area (Å²) in [6.07, 6.45) is 3.22. The summed E-state index contributed by atoms with van der Waals surface area (Å²) in [6, 6.07) is 43.9. The van der Waals surface area contributed by atoms with Crippen molar-refractivity contribution in [1.29, 1.82) is 0 Å². The first-order chi connectivity index (χ1) is 21.6. The van der Waals surface area contributed by atoms with Gasteiger partial charge in [0.1, 0.15) is 0 Å². The van der Waals surface area contributed by atoms with Crippen molar-refractivity contribution in [1.82, 2.24) is 0 Å². The van der Waals surface area contributed by atoms with Gasteiger partial charge in [0.05, 0.1) is 0 Å². The average Bonchev–Trinajstić information content (AvgIpc) is 3.62. The van der Waals surface area contributed by atoms with Crippen LogP contribution in [0.15, 0.2) is 121 Å². The molecular formula is C42H34O2. The van der Waals surface area contributed by atoms with Crippen LogP contribution < -0.4 is 9.78 Å². The van der Waals surface area contributed by atoms with Crippen LogP contribution in [0.5, 0.6) is 11.5 Å². The molecular weight excluding hydrogens is 536 g/mol. The number of benzene rings is 6. The molecule has 0 saturated heterocycles. The van der Waals surface area contributed by atoms with Crippen molar-refractivity contribution in [2.24, 2.45) is 0 Å². The highest BCUT2D eigenvalue weighted by Crippen LogP contribution is 2.46.